The van der Waals surface area contributed by atoms with Crippen LogP contribution in [0, 0.1) is 11.3 Å². The molecule has 1 aliphatic carbocycles. The highest BCUT2D eigenvalue weighted by Crippen LogP contribution is 2.27. The summed E-state index contributed by atoms with van der Waals surface area (Å²) in [7, 11) is 0. The van der Waals surface area contributed by atoms with E-state index in [2.05, 4.69) is 23.5 Å². The molecule has 0 spiro atoms. The molecule has 18 heavy (non-hydrogen) atoms. The molecule has 3 heteroatoms. The third kappa shape index (κ3) is 3.32. The topological polar surface area (TPSA) is 45.0 Å². The summed E-state index contributed by atoms with van der Waals surface area (Å²) in [6, 6.07) is 13.1. The van der Waals surface area contributed by atoms with E-state index in [0.717, 1.165) is 19.4 Å². The number of hydrogen-bond acceptors (Lipinski definition) is 3. The Hall–Kier alpha value is -1.37. The number of nitriles is 1. The minimum Gasteiger partial charge on any atom is -0.378 e. The van der Waals surface area contributed by atoms with Crippen molar-refractivity contribution in [3.05, 3.63) is 35.9 Å². The van der Waals surface area contributed by atoms with Crippen LogP contribution in [0.25, 0.3) is 0 Å². The number of nitrogens with zero attached hydrogens (tertiary/aromatic N) is 1. The molecule has 1 aromatic carbocycles. The molecule has 0 bridgehead atoms. The van der Waals surface area contributed by atoms with Crippen molar-refractivity contribution in [2.24, 2.45) is 0 Å². The summed E-state index contributed by atoms with van der Waals surface area (Å²) in [6.07, 6.45) is 3.04. The van der Waals surface area contributed by atoms with Gasteiger partial charge in [-0.25, -0.2) is 0 Å². The molecule has 0 radical (unpaired) electrons. The van der Waals surface area contributed by atoms with Gasteiger partial charge in [-0.3, -0.25) is 0 Å². The predicted octanol–water partition coefficient (Wildman–Crippen LogP) is 2.80. The van der Waals surface area contributed by atoms with Gasteiger partial charge >= 0.3 is 0 Å². The molecule has 1 unspecified atom stereocenters. The SMILES string of the molecule is CCOC1CC(NC(CC#N)c2ccccc2)C1. The van der Waals surface area contributed by atoms with Crippen LogP contribution in [-0.2, 0) is 4.74 Å². The first kappa shape index (κ1) is 13.1. The molecule has 96 valence electrons. The average molecular weight is 244 g/mol. The van der Waals surface area contributed by atoms with Crippen molar-refractivity contribution in [3.63, 3.8) is 0 Å². The van der Waals surface area contributed by atoms with E-state index >= 15 is 0 Å². The van der Waals surface area contributed by atoms with E-state index in [1.54, 1.807) is 0 Å². The zero-order chi connectivity index (χ0) is 12.8. The summed E-state index contributed by atoms with van der Waals surface area (Å²) in [5.41, 5.74) is 1.19. The molecular weight excluding hydrogens is 224 g/mol. The van der Waals surface area contributed by atoms with Crippen molar-refractivity contribution in [1.29, 1.82) is 5.26 Å². The summed E-state index contributed by atoms with van der Waals surface area (Å²) >= 11 is 0. The Bertz CT molecular complexity index is 393. The third-order valence-corrected chi connectivity index (χ3v) is 3.43. The summed E-state index contributed by atoms with van der Waals surface area (Å²) in [6.45, 7) is 2.82. The lowest BCUT2D eigenvalue weighted by atomic mass is 9.87. The number of rotatable bonds is 6. The minimum absolute atomic E-state index is 0.142. The zero-order valence-corrected chi connectivity index (χ0v) is 10.8. The van der Waals surface area contributed by atoms with Crippen molar-refractivity contribution in [2.75, 3.05) is 6.61 Å². The van der Waals surface area contributed by atoms with Crippen molar-refractivity contribution in [1.82, 2.24) is 5.32 Å². The quantitative estimate of drug-likeness (QED) is 0.837. The zero-order valence-electron chi connectivity index (χ0n) is 10.8. The van der Waals surface area contributed by atoms with Gasteiger partial charge < -0.3 is 10.1 Å². The first-order valence-corrected chi connectivity index (χ1v) is 6.63. The lowest BCUT2D eigenvalue weighted by molar-refractivity contribution is -0.0123. The Labute approximate surface area is 109 Å². The lowest BCUT2D eigenvalue weighted by Crippen LogP contribution is -2.46. The second-order valence-corrected chi connectivity index (χ2v) is 4.74. The Balaban J connectivity index is 1.87. The van der Waals surface area contributed by atoms with Gasteiger partial charge in [0.15, 0.2) is 0 Å². The van der Waals surface area contributed by atoms with Gasteiger partial charge in [0.05, 0.1) is 18.6 Å². The van der Waals surface area contributed by atoms with Crippen LogP contribution in [0.1, 0.15) is 37.8 Å². The number of ether oxygens (including phenoxy) is 1. The highest BCUT2D eigenvalue weighted by atomic mass is 16.5. The fourth-order valence-electron chi connectivity index (χ4n) is 2.41. The second kappa shape index (κ2) is 6.53. The largest absolute Gasteiger partial charge is 0.378 e. The Kier molecular flexibility index (Phi) is 4.74. The van der Waals surface area contributed by atoms with Crippen LogP contribution < -0.4 is 5.32 Å². The average Bonchev–Trinajstić information content (AvgIpc) is 2.36. The highest BCUT2D eigenvalue weighted by Gasteiger charge is 2.31. The van der Waals surface area contributed by atoms with Gasteiger partial charge in [0.2, 0.25) is 0 Å². The molecule has 0 aliphatic heterocycles. The van der Waals surface area contributed by atoms with Gasteiger partial charge in [-0.2, -0.15) is 5.26 Å². The van der Waals surface area contributed by atoms with Crippen molar-refractivity contribution in [3.8, 4) is 6.07 Å². The highest BCUT2D eigenvalue weighted by molar-refractivity contribution is 5.20. The molecule has 1 saturated carbocycles. The molecule has 1 aromatic rings. The number of benzene rings is 1. The van der Waals surface area contributed by atoms with Crippen LogP contribution in [0.15, 0.2) is 30.3 Å². The Morgan fingerprint density at radius 3 is 2.72 bits per heavy atom. The molecule has 1 N–H and O–H groups in total. The molecule has 1 aliphatic rings. The van der Waals surface area contributed by atoms with Crippen molar-refractivity contribution < 1.29 is 4.74 Å². The number of hydrogen-bond donors (Lipinski definition) is 1. The predicted molar refractivity (Wildman–Crippen MR) is 71.0 cm³/mol. The third-order valence-electron chi connectivity index (χ3n) is 3.43. The Morgan fingerprint density at radius 2 is 2.11 bits per heavy atom. The van der Waals surface area contributed by atoms with Crippen molar-refractivity contribution >= 4 is 0 Å². The van der Waals surface area contributed by atoms with Gasteiger partial charge in [0.1, 0.15) is 0 Å². The van der Waals surface area contributed by atoms with Gasteiger partial charge in [-0.15, -0.1) is 0 Å². The minimum atomic E-state index is 0.142. The first-order chi connectivity index (χ1) is 8.83. The lowest BCUT2D eigenvalue weighted by Gasteiger charge is -2.37. The van der Waals surface area contributed by atoms with E-state index in [0.29, 0.717) is 18.6 Å². The Morgan fingerprint density at radius 1 is 1.39 bits per heavy atom. The molecule has 1 atom stereocenters. The maximum Gasteiger partial charge on any atom is 0.0641 e. The molecule has 0 saturated heterocycles. The first-order valence-electron chi connectivity index (χ1n) is 6.63. The van der Waals surface area contributed by atoms with Crippen LogP contribution in [-0.4, -0.2) is 18.8 Å². The van der Waals surface area contributed by atoms with E-state index < -0.39 is 0 Å². The van der Waals surface area contributed by atoms with E-state index in [4.69, 9.17) is 10.00 Å². The van der Waals surface area contributed by atoms with Crippen LogP contribution in [0.4, 0.5) is 0 Å². The maximum absolute atomic E-state index is 8.92. The summed E-state index contributed by atoms with van der Waals surface area (Å²) in [5.74, 6) is 0. The smallest absolute Gasteiger partial charge is 0.0641 e. The fourth-order valence-corrected chi connectivity index (χ4v) is 2.41. The van der Waals surface area contributed by atoms with Gasteiger partial charge in [0.25, 0.3) is 0 Å². The summed E-state index contributed by atoms with van der Waals surface area (Å²) < 4.78 is 5.55. The molecule has 0 amide bonds. The van der Waals surface area contributed by atoms with Crippen LogP contribution in [0.3, 0.4) is 0 Å². The van der Waals surface area contributed by atoms with E-state index in [1.807, 2.05) is 25.1 Å². The van der Waals surface area contributed by atoms with E-state index in [9.17, 15) is 0 Å². The molecule has 1 fully saturated rings. The van der Waals surface area contributed by atoms with Crippen LogP contribution in [0.5, 0.6) is 0 Å². The molecule has 0 aromatic heterocycles. The molecule has 0 heterocycles. The van der Waals surface area contributed by atoms with E-state index in [1.165, 1.54) is 5.56 Å². The van der Waals surface area contributed by atoms with E-state index in [-0.39, 0.29) is 6.04 Å². The fraction of sp³-hybridized carbons (Fsp3) is 0.533. The molecular formula is C15H20N2O. The normalized spacial score (nSPS) is 24.0. The van der Waals surface area contributed by atoms with Crippen LogP contribution in [0.2, 0.25) is 0 Å². The van der Waals surface area contributed by atoms with Gasteiger partial charge in [-0.05, 0) is 25.3 Å². The monoisotopic (exact) mass is 244 g/mol. The molecule has 3 nitrogen and oxygen atoms in total. The van der Waals surface area contributed by atoms with Gasteiger partial charge in [-0.1, -0.05) is 30.3 Å². The summed E-state index contributed by atoms with van der Waals surface area (Å²) in [4.78, 5) is 0. The standard InChI is InChI=1S/C15H20N2O/c1-2-18-14-10-13(11-14)17-15(8-9-16)12-6-4-3-5-7-12/h3-7,13-15,17H,2,8,10-11H2,1H3. The second-order valence-electron chi connectivity index (χ2n) is 4.74. The van der Waals surface area contributed by atoms with Gasteiger partial charge in [0, 0.05) is 18.7 Å². The summed E-state index contributed by atoms with van der Waals surface area (Å²) in [5, 5.41) is 12.5. The van der Waals surface area contributed by atoms with Crippen LogP contribution >= 0.6 is 0 Å². The molecule has 2 rings (SSSR count). The van der Waals surface area contributed by atoms with Crippen molar-refractivity contribution in [2.45, 2.75) is 44.4 Å². The number of nitrogens with one attached hydrogen (secondary N) is 1. The maximum atomic E-state index is 8.92.